The van der Waals surface area contributed by atoms with E-state index in [-0.39, 0.29) is 0 Å². The summed E-state index contributed by atoms with van der Waals surface area (Å²) in [6.45, 7) is 1.06. The maximum absolute atomic E-state index is 4.38. The minimum atomic E-state index is 0.925. The fourth-order valence-corrected chi connectivity index (χ4v) is 2.32. The molecule has 0 fully saturated rings. The molecule has 1 aliphatic heterocycles. The SMILES string of the molecule is Cn1ccnc1Cc1cccc2c1CCN2. The largest absolute Gasteiger partial charge is 0.384 e. The second-order valence-corrected chi connectivity index (χ2v) is 4.25. The highest BCUT2D eigenvalue weighted by atomic mass is 15.0. The van der Waals surface area contributed by atoms with Crippen molar-refractivity contribution >= 4 is 5.69 Å². The average Bonchev–Trinajstić information content (AvgIpc) is 2.89. The summed E-state index contributed by atoms with van der Waals surface area (Å²) in [5.74, 6) is 1.13. The van der Waals surface area contributed by atoms with E-state index >= 15 is 0 Å². The van der Waals surface area contributed by atoms with E-state index in [1.54, 1.807) is 0 Å². The van der Waals surface area contributed by atoms with E-state index in [0.29, 0.717) is 0 Å². The Balaban J connectivity index is 1.96. The lowest BCUT2D eigenvalue weighted by atomic mass is 10.0. The van der Waals surface area contributed by atoms with Gasteiger partial charge in [-0.2, -0.15) is 0 Å². The van der Waals surface area contributed by atoms with E-state index in [1.165, 1.54) is 16.8 Å². The molecule has 3 heteroatoms. The van der Waals surface area contributed by atoms with Gasteiger partial charge in [0, 0.05) is 38.1 Å². The second-order valence-electron chi connectivity index (χ2n) is 4.25. The van der Waals surface area contributed by atoms with Crippen LogP contribution in [-0.2, 0) is 19.9 Å². The minimum absolute atomic E-state index is 0.925. The van der Waals surface area contributed by atoms with Crippen LogP contribution in [0.5, 0.6) is 0 Å². The van der Waals surface area contributed by atoms with Gasteiger partial charge in [-0.15, -0.1) is 0 Å². The van der Waals surface area contributed by atoms with Gasteiger partial charge in [-0.25, -0.2) is 4.98 Å². The van der Waals surface area contributed by atoms with Crippen LogP contribution in [0.15, 0.2) is 30.6 Å². The molecule has 3 nitrogen and oxygen atoms in total. The molecular formula is C13H15N3. The summed E-state index contributed by atoms with van der Waals surface area (Å²) in [7, 11) is 2.05. The standard InChI is InChI=1S/C13H15N3/c1-16-8-7-15-13(16)9-10-3-2-4-12-11(10)5-6-14-12/h2-4,7-8,14H,5-6,9H2,1H3. The summed E-state index contributed by atoms with van der Waals surface area (Å²) in [6, 6.07) is 6.49. The highest BCUT2D eigenvalue weighted by Crippen LogP contribution is 2.26. The van der Waals surface area contributed by atoms with Crippen LogP contribution in [0, 0.1) is 0 Å². The third kappa shape index (κ3) is 1.48. The van der Waals surface area contributed by atoms with Crippen molar-refractivity contribution in [2.75, 3.05) is 11.9 Å². The third-order valence-electron chi connectivity index (χ3n) is 3.23. The topological polar surface area (TPSA) is 29.9 Å². The Morgan fingerprint density at radius 2 is 2.38 bits per heavy atom. The average molecular weight is 213 g/mol. The fourth-order valence-electron chi connectivity index (χ4n) is 2.32. The maximum atomic E-state index is 4.38. The molecule has 3 rings (SSSR count). The van der Waals surface area contributed by atoms with Crippen LogP contribution in [0.1, 0.15) is 17.0 Å². The van der Waals surface area contributed by atoms with Crippen LogP contribution in [-0.4, -0.2) is 16.1 Å². The number of aryl methyl sites for hydroxylation is 1. The van der Waals surface area contributed by atoms with Gasteiger partial charge in [0.2, 0.25) is 0 Å². The van der Waals surface area contributed by atoms with Crippen LogP contribution >= 0.6 is 0 Å². The Morgan fingerprint density at radius 1 is 1.44 bits per heavy atom. The summed E-state index contributed by atoms with van der Waals surface area (Å²) in [5.41, 5.74) is 4.16. The van der Waals surface area contributed by atoms with Gasteiger partial charge in [0.25, 0.3) is 0 Å². The number of rotatable bonds is 2. The van der Waals surface area contributed by atoms with Gasteiger partial charge < -0.3 is 9.88 Å². The van der Waals surface area contributed by atoms with Crippen molar-refractivity contribution in [3.63, 3.8) is 0 Å². The lowest BCUT2D eigenvalue weighted by Crippen LogP contribution is -2.00. The molecule has 1 aromatic heterocycles. The molecule has 1 aliphatic rings. The normalized spacial score (nSPS) is 13.6. The molecule has 0 saturated heterocycles. The Labute approximate surface area is 95.1 Å². The quantitative estimate of drug-likeness (QED) is 0.826. The summed E-state index contributed by atoms with van der Waals surface area (Å²) in [4.78, 5) is 4.38. The summed E-state index contributed by atoms with van der Waals surface area (Å²) in [6.07, 6.45) is 5.91. The molecule has 82 valence electrons. The van der Waals surface area contributed by atoms with Gasteiger partial charge in [0.15, 0.2) is 0 Å². The smallest absolute Gasteiger partial charge is 0.112 e. The predicted molar refractivity (Wildman–Crippen MR) is 64.6 cm³/mol. The summed E-state index contributed by atoms with van der Waals surface area (Å²) >= 11 is 0. The second kappa shape index (κ2) is 3.67. The van der Waals surface area contributed by atoms with Crippen molar-refractivity contribution in [3.05, 3.63) is 47.5 Å². The Bertz CT molecular complexity index is 514. The fraction of sp³-hybridized carbons (Fsp3) is 0.308. The predicted octanol–water partition coefficient (Wildman–Crippen LogP) is 1.98. The molecule has 1 aromatic carbocycles. The van der Waals surface area contributed by atoms with Crippen molar-refractivity contribution in [2.24, 2.45) is 7.05 Å². The number of benzene rings is 1. The molecule has 2 heterocycles. The molecule has 0 bridgehead atoms. The third-order valence-corrected chi connectivity index (χ3v) is 3.23. The molecule has 0 saturated carbocycles. The van der Waals surface area contributed by atoms with Crippen LogP contribution in [0.3, 0.4) is 0 Å². The number of hydrogen-bond acceptors (Lipinski definition) is 2. The van der Waals surface area contributed by atoms with Crippen LogP contribution < -0.4 is 5.32 Å². The van der Waals surface area contributed by atoms with Crippen LogP contribution in [0.2, 0.25) is 0 Å². The first-order valence-corrected chi connectivity index (χ1v) is 5.65. The molecule has 1 N–H and O–H groups in total. The molecule has 0 atom stereocenters. The van der Waals surface area contributed by atoms with Crippen molar-refractivity contribution in [2.45, 2.75) is 12.8 Å². The molecule has 0 unspecified atom stereocenters. The number of nitrogens with zero attached hydrogens (tertiary/aromatic N) is 2. The Morgan fingerprint density at radius 3 is 3.19 bits per heavy atom. The van der Waals surface area contributed by atoms with Gasteiger partial charge >= 0.3 is 0 Å². The van der Waals surface area contributed by atoms with Crippen molar-refractivity contribution < 1.29 is 0 Å². The Hall–Kier alpha value is -1.77. The van der Waals surface area contributed by atoms with Crippen LogP contribution in [0.4, 0.5) is 5.69 Å². The molecule has 0 aliphatic carbocycles. The molecule has 0 amide bonds. The number of imidazole rings is 1. The molecule has 0 radical (unpaired) electrons. The van der Waals surface area contributed by atoms with Gasteiger partial charge in [-0.05, 0) is 23.6 Å². The highest BCUT2D eigenvalue weighted by Gasteiger charge is 2.14. The van der Waals surface area contributed by atoms with Gasteiger partial charge in [-0.1, -0.05) is 12.1 Å². The van der Waals surface area contributed by atoms with Crippen molar-refractivity contribution in [3.8, 4) is 0 Å². The summed E-state index contributed by atoms with van der Waals surface area (Å²) in [5, 5.41) is 3.41. The van der Waals surface area contributed by atoms with E-state index < -0.39 is 0 Å². The lowest BCUT2D eigenvalue weighted by molar-refractivity contribution is 0.818. The number of aromatic nitrogens is 2. The lowest BCUT2D eigenvalue weighted by Gasteiger charge is -2.07. The number of hydrogen-bond donors (Lipinski definition) is 1. The molecule has 16 heavy (non-hydrogen) atoms. The molecular weight excluding hydrogens is 198 g/mol. The van der Waals surface area contributed by atoms with E-state index in [1.807, 2.05) is 19.4 Å². The first kappa shape index (κ1) is 9.46. The van der Waals surface area contributed by atoms with Gasteiger partial charge in [0.05, 0.1) is 0 Å². The minimum Gasteiger partial charge on any atom is -0.384 e. The highest BCUT2D eigenvalue weighted by molar-refractivity contribution is 5.58. The first-order chi connectivity index (χ1) is 7.84. The zero-order valence-corrected chi connectivity index (χ0v) is 9.40. The molecule has 2 aromatic rings. The monoisotopic (exact) mass is 213 g/mol. The molecule has 0 spiro atoms. The van der Waals surface area contributed by atoms with Gasteiger partial charge in [0.1, 0.15) is 5.82 Å². The number of nitrogens with one attached hydrogen (secondary N) is 1. The van der Waals surface area contributed by atoms with Crippen molar-refractivity contribution in [1.29, 1.82) is 0 Å². The van der Waals surface area contributed by atoms with Crippen molar-refractivity contribution in [1.82, 2.24) is 9.55 Å². The first-order valence-electron chi connectivity index (χ1n) is 5.65. The van der Waals surface area contributed by atoms with E-state index in [2.05, 4.69) is 33.1 Å². The van der Waals surface area contributed by atoms with E-state index in [0.717, 1.165) is 25.2 Å². The summed E-state index contributed by atoms with van der Waals surface area (Å²) < 4.78 is 2.09. The number of fused-ring (bicyclic) bond motifs is 1. The van der Waals surface area contributed by atoms with E-state index in [9.17, 15) is 0 Å². The van der Waals surface area contributed by atoms with Gasteiger partial charge in [-0.3, -0.25) is 0 Å². The van der Waals surface area contributed by atoms with Crippen LogP contribution in [0.25, 0.3) is 0 Å². The number of anilines is 1. The van der Waals surface area contributed by atoms with E-state index in [4.69, 9.17) is 0 Å². The zero-order valence-electron chi connectivity index (χ0n) is 9.40. The zero-order chi connectivity index (χ0) is 11.0. The Kier molecular flexibility index (Phi) is 2.17. The maximum Gasteiger partial charge on any atom is 0.112 e.